The number of carbonyl (C=O) groups excluding carboxylic acids is 2. The molecule has 2 heterocycles. The van der Waals surface area contributed by atoms with Crippen LogP contribution in [0.1, 0.15) is 120 Å². The summed E-state index contributed by atoms with van der Waals surface area (Å²) in [5, 5.41) is 10.3. The van der Waals surface area contributed by atoms with E-state index in [4.69, 9.17) is 9.47 Å². The van der Waals surface area contributed by atoms with Crippen LogP contribution in [0, 0.1) is 23.5 Å². The number of hydrogen-bond acceptors (Lipinski definition) is 12. The number of anilines is 1. The van der Waals surface area contributed by atoms with Gasteiger partial charge in [-0.05, 0) is 153 Å². The lowest BCUT2D eigenvalue weighted by Crippen LogP contribution is -2.33. The average molecular weight is 1090 g/mol. The fourth-order valence-corrected chi connectivity index (χ4v) is 10.4. The Bertz CT molecular complexity index is 2420. The molecule has 4 fully saturated rings. The number of carbonyl (C=O) groups is 2. The van der Waals surface area contributed by atoms with Crippen molar-refractivity contribution >= 4 is 65.5 Å². The maximum Gasteiger partial charge on any atom is 0.416 e. The van der Waals surface area contributed by atoms with E-state index in [9.17, 15) is 49.9 Å². The second kappa shape index (κ2) is 26.4. The van der Waals surface area contributed by atoms with Crippen molar-refractivity contribution in [1.29, 1.82) is 0 Å². The third-order valence-corrected chi connectivity index (χ3v) is 15.1. The van der Waals surface area contributed by atoms with E-state index in [1.807, 2.05) is 18.2 Å². The second-order valence-corrected chi connectivity index (χ2v) is 20.9. The molecule has 0 unspecified atom stereocenters. The lowest BCUT2D eigenvalue weighted by atomic mass is 9.99. The van der Waals surface area contributed by atoms with Gasteiger partial charge in [-0.15, -0.1) is 0 Å². The standard InChI is InChI=1S/C24H27F4N3O3S2.C24H26F4N2O2S2.C2H6/c1-35-29-23(32)20-12-19(16-5-6-16)22(13-21(20)25)34-14-15-7-9-30(10-8-15)36-31(33)18-4-2-3-17(11-18)24(26,27)28;1-33-29-23(31)20-12-19(16-2-3-16)22(13-21(20)25)32-14-15-8-10-30(11-9-15)34-18-6-4-17(5-7-18)24(26,27)28;1-2/h2-4,11-13,15-16,33H,5-10,14H2,1H3,(H,29,32);4-7,12-13,15-16H,2-3,8-11,14H2,1H3,(H,29,31);1-2H3. The van der Waals surface area contributed by atoms with Gasteiger partial charge < -0.3 is 9.47 Å². The highest BCUT2D eigenvalue weighted by Gasteiger charge is 2.34. The molecule has 0 spiro atoms. The Kier molecular flexibility index (Phi) is 21.0. The maximum atomic E-state index is 14.6. The van der Waals surface area contributed by atoms with Crippen molar-refractivity contribution in [2.75, 3.05) is 56.4 Å². The number of hydrogen-bond donors (Lipinski definition) is 3. The van der Waals surface area contributed by atoms with Crippen molar-refractivity contribution in [3.8, 4) is 11.5 Å². The predicted molar refractivity (Wildman–Crippen MR) is 270 cm³/mol. The first-order valence-corrected chi connectivity index (χ1v) is 27.6. The van der Waals surface area contributed by atoms with Crippen LogP contribution in [-0.2, 0) is 12.4 Å². The molecule has 72 heavy (non-hydrogen) atoms. The van der Waals surface area contributed by atoms with E-state index in [0.717, 1.165) is 145 Å². The first kappa shape index (κ1) is 57.2. The van der Waals surface area contributed by atoms with E-state index in [1.165, 1.54) is 48.3 Å². The van der Waals surface area contributed by atoms with E-state index in [-0.39, 0.29) is 28.7 Å². The van der Waals surface area contributed by atoms with E-state index in [1.54, 1.807) is 24.6 Å². The van der Waals surface area contributed by atoms with Gasteiger partial charge in [0.1, 0.15) is 23.1 Å². The number of alkyl halides is 6. The molecule has 4 aliphatic rings. The van der Waals surface area contributed by atoms with Crippen molar-refractivity contribution in [3.63, 3.8) is 0 Å². The SMILES string of the molecule is CC.CSNC(=O)c1cc(C2CC2)c(OCC2CCN(SN(O)c3cccc(C(F)(F)F)c3)CC2)cc1F.CSNC(=O)c1cc(C2CC2)c(OCC2CCN(Sc3ccc(C(F)(F)F)cc3)CC2)cc1F. The molecule has 3 N–H and O–H groups in total. The van der Waals surface area contributed by atoms with Gasteiger partial charge in [-0.25, -0.2) is 17.4 Å². The summed E-state index contributed by atoms with van der Waals surface area (Å²) in [4.78, 5) is 25.1. The van der Waals surface area contributed by atoms with Gasteiger partial charge in [-0.2, -0.15) is 30.8 Å². The summed E-state index contributed by atoms with van der Waals surface area (Å²) in [6.07, 6.45) is 1.81. The van der Waals surface area contributed by atoms with Crippen LogP contribution < -0.4 is 23.4 Å². The molecule has 4 aromatic rings. The summed E-state index contributed by atoms with van der Waals surface area (Å²) in [6, 6.07) is 15.6. The van der Waals surface area contributed by atoms with E-state index in [2.05, 4.69) is 13.7 Å². The number of nitrogens with one attached hydrogen (secondary N) is 2. The van der Waals surface area contributed by atoms with Crippen LogP contribution >= 0.6 is 48.0 Å². The highest BCUT2D eigenvalue weighted by Crippen LogP contribution is 2.47. The first-order chi connectivity index (χ1) is 34.4. The molecule has 0 atom stereocenters. The second-order valence-electron chi connectivity index (χ2n) is 17.4. The van der Waals surface area contributed by atoms with Crippen LogP contribution in [0.25, 0.3) is 0 Å². The summed E-state index contributed by atoms with van der Waals surface area (Å²) in [5.41, 5.74) is 0.374. The van der Waals surface area contributed by atoms with Crippen LogP contribution in [0.4, 0.5) is 40.8 Å². The molecule has 2 saturated carbocycles. The number of rotatable bonds is 17. The summed E-state index contributed by atoms with van der Waals surface area (Å²) in [5.74, 6) is -0.0576. The molecule has 0 radical (unpaired) electrons. The van der Waals surface area contributed by atoms with Gasteiger partial charge in [0.25, 0.3) is 11.8 Å². The maximum absolute atomic E-state index is 14.6. The predicted octanol–water partition coefficient (Wildman–Crippen LogP) is 13.8. The summed E-state index contributed by atoms with van der Waals surface area (Å²) < 4.78 is 128. The number of nitrogens with zero attached hydrogens (tertiary/aromatic N) is 3. The van der Waals surface area contributed by atoms with Crippen molar-refractivity contribution in [2.24, 2.45) is 11.8 Å². The van der Waals surface area contributed by atoms with Gasteiger partial charge >= 0.3 is 12.4 Å². The molecule has 2 saturated heterocycles. The minimum absolute atomic E-state index is 0.0123. The molecular weight excluding hydrogens is 1030 g/mol. The molecule has 2 aliphatic heterocycles. The Balaban J connectivity index is 0.000000228. The van der Waals surface area contributed by atoms with Gasteiger partial charge in [0.05, 0.1) is 53.3 Å². The molecule has 0 aromatic heterocycles. The lowest BCUT2D eigenvalue weighted by Gasteiger charge is -2.32. The molecule has 8 rings (SSSR count). The van der Waals surface area contributed by atoms with Crippen molar-refractivity contribution in [1.82, 2.24) is 18.1 Å². The van der Waals surface area contributed by atoms with E-state index in [0.29, 0.717) is 49.6 Å². The minimum Gasteiger partial charge on any atom is -0.493 e. The van der Waals surface area contributed by atoms with Gasteiger partial charge in [0.2, 0.25) is 0 Å². The Morgan fingerprint density at radius 3 is 1.50 bits per heavy atom. The van der Waals surface area contributed by atoms with E-state index < -0.39 is 46.9 Å². The molecule has 0 bridgehead atoms. The van der Waals surface area contributed by atoms with Crippen LogP contribution in [0.2, 0.25) is 0 Å². The van der Waals surface area contributed by atoms with Gasteiger partial charge in [-0.1, -0.05) is 43.8 Å². The molecule has 2 amide bonds. The topological polar surface area (TPSA) is 107 Å². The number of halogens is 8. The third kappa shape index (κ3) is 16.5. The quantitative estimate of drug-likeness (QED) is 0.0532. The number of ether oxygens (including phenoxy) is 2. The fourth-order valence-electron chi connectivity index (χ4n) is 8.02. The molecule has 10 nitrogen and oxygen atoms in total. The van der Waals surface area contributed by atoms with Crippen LogP contribution in [-0.4, -0.2) is 77.5 Å². The number of benzene rings is 4. The lowest BCUT2D eigenvalue weighted by molar-refractivity contribution is -0.138. The van der Waals surface area contributed by atoms with Crippen LogP contribution in [0.15, 0.2) is 77.7 Å². The van der Waals surface area contributed by atoms with E-state index >= 15 is 0 Å². The summed E-state index contributed by atoms with van der Waals surface area (Å²) in [6.45, 7) is 7.65. The van der Waals surface area contributed by atoms with Gasteiger partial charge in [0.15, 0.2) is 0 Å². The monoisotopic (exact) mass is 1090 g/mol. The molecule has 2 aliphatic carbocycles. The molecule has 4 aromatic carbocycles. The number of piperidine rings is 2. The van der Waals surface area contributed by atoms with Crippen LogP contribution in [0.3, 0.4) is 0 Å². The first-order valence-electron chi connectivity index (χ1n) is 23.7. The molecule has 22 heteroatoms. The third-order valence-electron chi connectivity index (χ3n) is 12.2. The number of amides is 2. The molecule has 394 valence electrons. The largest absolute Gasteiger partial charge is 0.493 e. The molecular formula is C50H59F8N5O5S4. The summed E-state index contributed by atoms with van der Waals surface area (Å²) >= 11 is 4.66. The Morgan fingerprint density at radius 2 is 1.08 bits per heavy atom. The van der Waals surface area contributed by atoms with Crippen molar-refractivity contribution in [2.45, 2.75) is 94.3 Å². The zero-order valence-electron chi connectivity index (χ0n) is 40.2. The average Bonchev–Trinajstić information content (AvgIpc) is 4.31. The zero-order chi connectivity index (χ0) is 52.2. The highest BCUT2D eigenvalue weighted by atomic mass is 32.2. The van der Waals surface area contributed by atoms with Crippen LogP contribution in [0.5, 0.6) is 11.5 Å². The Labute approximate surface area is 432 Å². The Morgan fingerprint density at radius 1 is 0.639 bits per heavy atom. The highest BCUT2D eigenvalue weighted by molar-refractivity contribution is 7.98. The van der Waals surface area contributed by atoms with Gasteiger partial charge in [-0.3, -0.25) is 24.2 Å². The summed E-state index contributed by atoms with van der Waals surface area (Å²) in [7, 11) is 0. The fraction of sp³-hybridized carbons (Fsp3) is 0.480. The van der Waals surface area contributed by atoms with Crippen molar-refractivity contribution < 1.29 is 59.4 Å². The smallest absolute Gasteiger partial charge is 0.416 e. The van der Waals surface area contributed by atoms with Gasteiger partial charge in [0, 0.05) is 55.7 Å². The normalized spacial score (nSPS) is 17.0. The van der Waals surface area contributed by atoms with Crippen molar-refractivity contribution in [3.05, 3.63) is 118 Å². The minimum atomic E-state index is -4.48. The zero-order valence-corrected chi connectivity index (χ0v) is 43.5. The Hall–Kier alpha value is -4.06.